The van der Waals surface area contributed by atoms with Crippen LogP contribution in [0.1, 0.15) is 24.9 Å². The van der Waals surface area contributed by atoms with Gasteiger partial charge in [0.15, 0.2) is 94.9 Å². The van der Waals surface area contributed by atoms with Gasteiger partial charge in [-0.05, 0) is 47.2 Å². The molecule has 0 saturated carbocycles. The van der Waals surface area contributed by atoms with Crippen molar-refractivity contribution in [3.05, 3.63) is 58.7 Å². The Morgan fingerprint density at radius 2 is 0.811 bits per heavy atom. The Bertz CT molecular complexity index is 4180. The summed E-state index contributed by atoms with van der Waals surface area (Å²) in [5.74, 6) is -0.324. The number of nitrogens with two attached hydrogens (primary N) is 4. The molecule has 36 nitrogen and oxygen atoms in total. The molecule has 0 aromatic carbocycles. The largest absolute Gasteiger partial charge is 0.382 e. The Kier molecular flexibility index (Phi) is 17.4. The van der Waals surface area contributed by atoms with Crippen LogP contribution in [0.4, 0.5) is 41.1 Å². The first-order valence-electron chi connectivity index (χ1n) is 25.8. The second-order valence-electron chi connectivity index (χ2n) is 20.1. The molecule has 6 aliphatic heterocycles. The number of aromatic nitrogens is 16. The van der Waals surface area contributed by atoms with Gasteiger partial charge < -0.3 is 78.8 Å². The van der Waals surface area contributed by atoms with E-state index in [-0.39, 0.29) is 68.2 Å². The molecule has 484 valence electrons. The third kappa shape index (κ3) is 12.2. The molecular weight excluding hydrogens is 1410 g/mol. The van der Waals surface area contributed by atoms with Gasteiger partial charge >= 0.3 is 13.4 Å². The second-order valence-corrected chi connectivity index (χ2v) is 36.2. The minimum Gasteiger partial charge on any atom is -0.382 e. The molecule has 4 unspecified atom stereocenters. The number of hydrogen-bond acceptors (Lipinski definition) is 32. The molecule has 20 atom stereocenters. The maximum atomic E-state index is 16.1. The van der Waals surface area contributed by atoms with E-state index in [4.69, 9.17) is 125 Å². The van der Waals surface area contributed by atoms with Crippen LogP contribution in [0.15, 0.2) is 47.6 Å². The molecule has 8 aromatic rings. The molecular formula is C40H44F4N20O16P4S6. The zero-order valence-electron chi connectivity index (χ0n) is 44.5. The molecule has 8 aromatic heterocycles. The number of hydrogen-bond donors (Lipinski definition) is 10. The van der Waals surface area contributed by atoms with E-state index in [1.54, 1.807) is 0 Å². The number of halogens is 4. The fraction of sp³-hybridized carbons (Fsp3) is 0.500. The quantitative estimate of drug-likeness (QED) is 0.0679. The van der Waals surface area contributed by atoms with Gasteiger partial charge in [-0.2, -0.15) is 9.97 Å². The van der Waals surface area contributed by atoms with Crippen molar-refractivity contribution >= 4 is 165 Å². The van der Waals surface area contributed by atoms with Crippen LogP contribution in [0.5, 0.6) is 0 Å². The molecule has 14 heterocycles. The number of ether oxygens (including phenoxy) is 4. The van der Waals surface area contributed by atoms with Gasteiger partial charge in [-0.3, -0.25) is 46.9 Å². The van der Waals surface area contributed by atoms with Crippen LogP contribution in [0.25, 0.3) is 44.7 Å². The van der Waals surface area contributed by atoms with E-state index < -0.39 is 161 Å². The molecule has 14 rings (SSSR count). The van der Waals surface area contributed by atoms with Crippen molar-refractivity contribution in [1.82, 2.24) is 78.1 Å². The van der Waals surface area contributed by atoms with Crippen LogP contribution >= 0.6 is 49.3 Å². The molecule has 90 heavy (non-hydrogen) atoms. The smallest absolute Gasteiger partial charge is 0.325 e. The Morgan fingerprint density at radius 3 is 1.20 bits per heavy atom. The number of nitrogens with zero attached hydrogens (tertiary/aromatic N) is 14. The van der Waals surface area contributed by atoms with E-state index in [0.29, 0.717) is 0 Å². The first-order valence-corrected chi connectivity index (χ1v) is 38.5. The monoisotopic (exact) mass is 1450 g/mol. The van der Waals surface area contributed by atoms with Crippen molar-refractivity contribution in [3.8, 4) is 0 Å². The van der Waals surface area contributed by atoms with Gasteiger partial charge in [0.25, 0.3) is 11.1 Å². The van der Waals surface area contributed by atoms with Crippen LogP contribution < -0.4 is 34.1 Å². The highest BCUT2D eigenvalue weighted by atomic mass is 32.9. The highest BCUT2D eigenvalue weighted by molar-refractivity contribution is 8.60. The van der Waals surface area contributed by atoms with Gasteiger partial charge in [0.05, 0.1) is 51.7 Å². The third-order valence-electron chi connectivity index (χ3n) is 14.5. The van der Waals surface area contributed by atoms with Crippen molar-refractivity contribution in [2.75, 3.05) is 49.4 Å². The van der Waals surface area contributed by atoms with Crippen LogP contribution in [-0.4, -0.2) is 188 Å². The minimum absolute atomic E-state index is 0.0548. The summed E-state index contributed by atoms with van der Waals surface area (Å²) in [7, 11) is 0. The highest BCUT2D eigenvalue weighted by Crippen LogP contribution is 2.61. The molecule has 6 saturated heterocycles. The van der Waals surface area contributed by atoms with E-state index in [2.05, 4.69) is 84.3 Å². The second kappa shape index (κ2) is 24.3. The van der Waals surface area contributed by atoms with Gasteiger partial charge in [0, 0.05) is 0 Å². The van der Waals surface area contributed by atoms with Crippen molar-refractivity contribution in [1.29, 1.82) is 0 Å². The van der Waals surface area contributed by atoms with Gasteiger partial charge in [0.2, 0.25) is 23.3 Å². The van der Waals surface area contributed by atoms with E-state index in [9.17, 15) is 19.4 Å². The number of rotatable bonds is 4. The number of imidazole rings is 4. The van der Waals surface area contributed by atoms with Gasteiger partial charge in [-0.1, -0.05) is 24.5 Å². The predicted molar refractivity (Wildman–Crippen MR) is 323 cm³/mol. The molecule has 0 aliphatic carbocycles. The Labute approximate surface area is 528 Å². The van der Waals surface area contributed by atoms with Crippen LogP contribution in [0.2, 0.25) is 0 Å². The summed E-state index contributed by atoms with van der Waals surface area (Å²) in [4.78, 5) is 91.8. The fourth-order valence-electron chi connectivity index (χ4n) is 10.5. The number of fused-ring (bicyclic) bond motifs is 10. The third-order valence-corrected chi connectivity index (χ3v) is 22.0. The molecule has 0 radical (unpaired) electrons. The lowest BCUT2D eigenvalue weighted by molar-refractivity contribution is -0.0568. The molecule has 6 fully saturated rings. The number of anilines is 4. The minimum atomic E-state index is -4.31. The summed E-state index contributed by atoms with van der Waals surface area (Å²) in [6, 6.07) is 0. The highest BCUT2D eigenvalue weighted by Gasteiger charge is 2.56. The van der Waals surface area contributed by atoms with E-state index in [1.165, 1.54) is 43.6 Å². The van der Waals surface area contributed by atoms with E-state index in [0.717, 1.165) is 12.7 Å². The first-order chi connectivity index (χ1) is 42.6. The summed E-state index contributed by atoms with van der Waals surface area (Å²) in [5.41, 5.74) is 15.0. The van der Waals surface area contributed by atoms with Gasteiger partial charge in [-0.25, -0.2) is 57.4 Å². The molecule has 50 heteroatoms. The maximum absolute atomic E-state index is 16.1. The Morgan fingerprint density at radius 1 is 0.467 bits per heavy atom. The van der Waals surface area contributed by atoms with Gasteiger partial charge in [-0.15, -0.1) is 0 Å². The SMILES string of the molecule is Nc1nc2c(ncn2[C@@H]2O[C@@H]3COP(=S)(S)O[C@H]4[C@H](F)[C@H](n5cnc6c(N)ncnc65)O[C@@H]4COP(O)(=S)O[C@@H]2[C@@H]3F)c(=O)[nH]1.Nc1nc2c(ncn2[C@@H]2O[C@@H]3COP(=S)(S)O[C@H]4[C@H](F)[C@H](n5cnc6c(N)ncnc65)O[C@@H]4COP(O)(=S)O[C@@H]2[C@@H]3F)c(=O)[nH]1. The molecule has 12 N–H and O–H groups in total. The standard InChI is InChI=1S/2C20H22F2N10O8P2S3/c2*21-8-6-1-36-42(44,45)40-12-7(38-18(9(12)22)31-4-27-10-14(23)25-3-26-15(10)31)2-35-41(34,43)39-13(8)19(37-6)32-5-28-11-16(32)29-20(24)30-17(11)33/h2*3-9,12-13,18-19H,1-2H2,(H,34,43)(H,44,45)(H2,23,25,26)(H3,24,29,30,33)/t2*6-,7-,8-,9+,12-,13-,18-,19-,41?/m11/s1. The molecule has 4 bridgehead atoms. The summed E-state index contributed by atoms with van der Waals surface area (Å²) < 4.78 is 138. The topological polar surface area (TPSA) is 470 Å². The van der Waals surface area contributed by atoms with Crippen molar-refractivity contribution in [2.24, 2.45) is 0 Å². The fourth-order valence-corrected chi connectivity index (χ4v) is 17.2. The molecule has 6 aliphatic rings. The Hall–Kier alpha value is -4.54. The average Bonchev–Trinajstić information content (AvgIpc) is 1.81. The summed E-state index contributed by atoms with van der Waals surface area (Å²) >= 11 is 29.9. The number of alkyl halides is 4. The zero-order chi connectivity index (χ0) is 63.7. The normalized spacial score (nSPS) is 37.7. The lowest BCUT2D eigenvalue weighted by Crippen LogP contribution is -2.34. The summed E-state index contributed by atoms with van der Waals surface area (Å²) in [5, 5.41) is 0. The lowest BCUT2D eigenvalue weighted by Gasteiger charge is -2.28. The van der Waals surface area contributed by atoms with Crippen molar-refractivity contribution in [2.45, 2.75) is 98.4 Å². The van der Waals surface area contributed by atoms with Gasteiger partial charge in [0.1, 0.15) is 72.5 Å². The van der Waals surface area contributed by atoms with E-state index >= 15 is 17.6 Å². The number of nitrogens with one attached hydrogen (secondary N) is 2. The lowest BCUT2D eigenvalue weighted by atomic mass is 10.1. The molecule has 0 spiro atoms. The van der Waals surface area contributed by atoms with Crippen molar-refractivity contribution < 1.29 is 82.5 Å². The van der Waals surface area contributed by atoms with Crippen molar-refractivity contribution in [3.63, 3.8) is 0 Å². The predicted octanol–water partition coefficient (Wildman–Crippen LogP) is 1.57. The summed E-state index contributed by atoms with van der Waals surface area (Å²) in [6.07, 6.45) is -17.5. The number of H-pyrrole nitrogens is 2. The van der Waals surface area contributed by atoms with Crippen LogP contribution in [0, 0.1) is 0 Å². The average molecular weight is 1450 g/mol. The number of nitrogen functional groups attached to an aromatic ring is 4. The van der Waals surface area contributed by atoms with Crippen LogP contribution in [0.3, 0.4) is 0 Å². The van der Waals surface area contributed by atoms with E-state index in [1.807, 2.05) is 0 Å². The maximum Gasteiger partial charge on any atom is 0.325 e. The zero-order valence-corrected chi connectivity index (χ0v) is 53.2. The van der Waals surface area contributed by atoms with Crippen LogP contribution in [-0.2, 0) is 102 Å². The first kappa shape index (κ1) is 64.2. The summed E-state index contributed by atoms with van der Waals surface area (Å²) in [6.45, 7) is -10.8. The Balaban J connectivity index is 0.000000165. The number of aromatic amines is 2. The molecule has 0 amide bonds. The number of thiol groups is 2.